The van der Waals surface area contributed by atoms with Gasteiger partial charge in [-0.05, 0) is 38.1 Å². The molecule has 0 spiro atoms. The van der Waals surface area contributed by atoms with E-state index in [4.69, 9.17) is 10.6 Å². The molecule has 112 valence electrons. The minimum Gasteiger partial charge on any atom is -0.492 e. The summed E-state index contributed by atoms with van der Waals surface area (Å²) in [6.07, 6.45) is 1.12. The maximum atomic E-state index is 11.4. The zero-order valence-corrected chi connectivity index (χ0v) is 12.6. The Morgan fingerprint density at radius 2 is 2.20 bits per heavy atom. The highest BCUT2D eigenvalue weighted by atomic mass is 16.5. The van der Waals surface area contributed by atoms with Gasteiger partial charge >= 0.3 is 0 Å². The van der Waals surface area contributed by atoms with Crippen molar-refractivity contribution >= 4 is 5.91 Å². The van der Waals surface area contributed by atoms with Gasteiger partial charge in [-0.15, -0.1) is 0 Å². The summed E-state index contributed by atoms with van der Waals surface area (Å²) in [5, 5.41) is 0. The third kappa shape index (κ3) is 4.83. The van der Waals surface area contributed by atoms with Crippen LogP contribution in [0.5, 0.6) is 5.75 Å². The molecule has 1 atom stereocenters. The van der Waals surface area contributed by atoms with Crippen molar-refractivity contribution in [2.24, 2.45) is 5.84 Å². The minimum atomic E-state index is -0.315. The number of benzene rings is 1. The number of hydrogen-bond acceptors (Lipinski definition) is 4. The summed E-state index contributed by atoms with van der Waals surface area (Å²) >= 11 is 0. The van der Waals surface area contributed by atoms with Crippen LogP contribution in [-0.4, -0.2) is 36.5 Å². The molecule has 1 aromatic carbocycles. The first-order chi connectivity index (χ1) is 9.62. The molecule has 1 unspecified atom stereocenters. The monoisotopic (exact) mass is 279 g/mol. The third-order valence-electron chi connectivity index (χ3n) is 3.49. The fraction of sp³-hybridized carbons (Fsp3) is 0.533. The van der Waals surface area contributed by atoms with E-state index in [0.717, 1.165) is 19.5 Å². The molecule has 5 nitrogen and oxygen atoms in total. The molecule has 0 fully saturated rings. The number of carbonyl (C=O) groups excluding carboxylic acids is 1. The van der Waals surface area contributed by atoms with Crippen molar-refractivity contribution in [3.63, 3.8) is 0 Å². The lowest BCUT2D eigenvalue weighted by Gasteiger charge is -2.26. The molecule has 3 N–H and O–H groups in total. The van der Waals surface area contributed by atoms with Crippen molar-refractivity contribution < 1.29 is 9.53 Å². The Bertz CT molecular complexity index is 423. The molecule has 0 aliphatic carbocycles. The van der Waals surface area contributed by atoms with Crippen LogP contribution in [0.25, 0.3) is 0 Å². The molecule has 1 rings (SSSR count). The summed E-state index contributed by atoms with van der Waals surface area (Å²) in [6.45, 7) is 9.04. The fourth-order valence-electron chi connectivity index (χ4n) is 2.04. The van der Waals surface area contributed by atoms with E-state index >= 15 is 0 Å². The molecular formula is C15H25N3O2. The highest BCUT2D eigenvalue weighted by molar-refractivity contribution is 5.94. The summed E-state index contributed by atoms with van der Waals surface area (Å²) < 4.78 is 5.71. The van der Waals surface area contributed by atoms with Crippen LogP contribution in [0.4, 0.5) is 0 Å². The van der Waals surface area contributed by atoms with Crippen molar-refractivity contribution in [2.45, 2.75) is 33.2 Å². The van der Waals surface area contributed by atoms with Gasteiger partial charge in [0.15, 0.2) is 0 Å². The molecule has 0 saturated carbocycles. The Balaban J connectivity index is 2.51. The van der Waals surface area contributed by atoms with E-state index in [1.54, 1.807) is 18.2 Å². The summed E-state index contributed by atoms with van der Waals surface area (Å²) in [5.41, 5.74) is 2.61. The van der Waals surface area contributed by atoms with E-state index in [1.165, 1.54) is 0 Å². The number of amides is 1. The molecule has 1 amide bonds. The zero-order chi connectivity index (χ0) is 15.0. The Hall–Kier alpha value is -1.59. The zero-order valence-electron chi connectivity index (χ0n) is 12.6. The second-order valence-electron chi connectivity index (χ2n) is 4.74. The van der Waals surface area contributed by atoms with Gasteiger partial charge in [-0.25, -0.2) is 5.84 Å². The fourth-order valence-corrected chi connectivity index (χ4v) is 2.04. The Kier molecular flexibility index (Phi) is 7.04. The molecule has 0 aliphatic heterocycles. The average molecular weight is 279 g/mol. The van der Waals surface area contributed by atoms with Crippen molar-refractivity contribution in [2.75, 3.05) is 19.7 Å². The normalized spacial score (nSPS) is 12.2. The molecule has 0 radical (unpaired) electrons. The molecule has 20 heavy (non-hydrogen) atoms. The molecule has 1 aromatic rings. The molecule has 0 saturated heterocycles. The van der Waals surface area contributed by atoms with E-state index in [9.17, 15) is 4.79 Å². The third-order valence-corrected chi connectivity index (χ3v) is 3.49. The van der Waals surface area contributed by atoms with Gasteiger partial charge in [0.25, 0.3) is 5.91 Å². The standard InChI is InChI=1S/C15H25N3O2/c1-4-12(3)18(5-2)9-10-20-14-8-6-7-13(11-14)15(19)17-16/h6-8,11-12H,4-5,9-10,16H2,1-3H3,(H,17,19). The molecule has 0 aliphatic rings. The van der Waals surface area contributed by atoms with Gasteiger partial charge in [0.1, 0.15) is 12.4 Å². The first-order valence-corrected chi connectivity index (χ1v) is 7.10. The Morgan fingerprint density at radius 3 is 2.80 bits per heavy atom. The second-order valence-corrected chi connectivity index (χ2v) is 4.74. The lowest BCUT2D eigenvalue weighted by molar-refractivity contribution is 0.0953. The van der Waals surface area contributed by atoms with E-state index in [0.29, 0.717) is 24.0 Å². The van der Waals surface area contributed by atoms with Crippen molar-refractivity contribution in [3.8, 4) is 5.75 Å². The highest BCUT2D eigenvalue weighted by Gasteiger charge is 2.10. The van der Waals surface area contributed by atoms with Gasteiger partial charge in [0, 0.05) is 18.2 Å². The number of nitrogens with zero attached hydrogens (tertiary/aromatic N) is 1. The number of likely N-dealkylation sites (N-methyl/N-ethyl adjacent to an activating group) is 1. The van der Waals surface area contributed by atoms with E-state index in [-0.39, 0.29) is 5.91 Å². The smallest absolute Gasteiger partial charge is 0.265 e. The molecule has 0 bridgehead atoms. The SMILES string of the molecule is CCC(C)N(CC)CCOc1cccc(C(=O)NN)c1. The first-order valence-electron chi connectivity index (χ1n) is 7.10. The number of hydrogen-bond donors (Lipinski definition) is 2. The van der Waals surface area contributed by atoms with Crippen molar-refractivity contribution in [1.82, 2.24) is 10.3 Å². The van der Waals surface area contributed by atoms with Crippen LogP contribution in [-0.2, 0) is 0 Å². The van der Waals surface area contributed by atoms with E-state index in [2.05, 4.69) is 31.1 Å². The summed E-state index contributed by atoms with van der Waals surface area (Å²) in [4.78, 5) is 13.8. The van der Waals surface area contributed by atoms with Crippen LogP contribution in [0.1, 0.15) is 37.6 Å². The molecule has 0 aromatic heterocycles. The molecule has 0 heterocycles. The van der Waals surface area contributed by atoms with Gasteiger partial charge in [-0.2, -0.15) is 0 Å². The number of ether oxygens (including phenoxy) is 1. The van der Waals surface area contributed by atoms with Gasteiger partial charge in [0.2, 0.25) is 0 Å². The number of nitrogens with one attached hydrogen (secondary N) is 1. The van der Waals surface area contributed by atoms with Gasteiger partial charge in [-0.3, -0.25) is 15.1 Å². The van der Waals surface area contributed by atoms with Gasteiger partial charge in [-0.1, -0.05) is 19.9 Å². The largest absolute Gasteiger partial charge is 0.492 e. The van der Waals surface area contributed by atoms with Gasteiger partial charge < -0.3 is 4.74 Å². The summed E-state index contributed by atoms with van der Waals surface area (Å²) in [7, 11) is 0. The van der Waals surface area contributed by atoms with Crippen molar-refractivity contribution in [3.05, 3.63) is 29.8 Å². The quantitative estimate of drug-likeness (QED) is 0.432. The van der Waals surface area contributed by atoms with Crippen LogP contribution in [0.3, 0.4) is 0 Å². The maximum absolute atomic E-state index is 11.4. The van der Waals surface area contributed by atoms with Gasteiger partial charge in [0.05, 0.1) is 0 Å². The molecule has 5 heteroatoms. The van der Waals surface area contributed by atoms with Crippen LogP contribution in [0.2, 0.25) is 0 Å². The van der Waals surface area contributed by atoms with Crippen LogP contribution in [0.15, 0.2) is 24.3 Å². The predicted molar refractivity (Wildman–Crippen MR) is 80.6 cm³/mol. The predicted octanol–water partition coefficient (Wildman–Crippen LogP) is 1.79. The lowest BCUT2D eigenvalue weighted by atomic mass is 10.2. The summed E-state index contributed by atoms with van der Waals surface area (Å²) in [6, 6.07) is 7.57. The van der Waals surface area contributed by atoms with Crippen LogP contribution < -0.4 is 16.0 Å². The second kappa shape index (κ2) is 8.55. The Morgan fingerprint density at radius 1 is 1.45 bits per heavy atom. The summed E-state index contributed by atoms with van der Waals surface area (Å²) in [5.74, 6) is 5.49. The lowest BCUT2D eigenvalue weighted by Crippen LogP contribution is -2.35. The topological polar surface area (TPSA) is 67.6 Å². The number of hydrazine groups is 1. The first kappa shape index (κ1) is 16.5. The number of rotatable bonds is 8. The number of nitrogens with two attached hydrogens (primary N) is 1. The maximum Gasteiger partial charge on any atom is 0.265 e. The van der Waals surface area contributed by atoms with Crippen LogP contribution in [0, 0.1) is 0 Å². The number of nitrogen functional groups attached to an aromatic ring is 1. The minimum absolute atomic E-state index is 0.315. The van der Waals surface area contributed by atoms with E-state index in [1.807, 2.05) is 6.07 Å². The Labute approximate surface area is 121 Å². The van der Waals surface area contributed by atoms with Crippen molar-refractivity contribution in [1.29, 1.82) is 0 Å². The van der Waals surface area contributed by atoms with E-state index < -0.39 is 0 Å². The molecular weight excluding hydrogens is 254 g/mol. The average Bonchev–Trinajstić information content (AvgIpc) is 2.50. The highest BCUT2D eigenvalue weighted by Crippen LogP contribution is 2.13. The number of carbonyl (C=O) groups is 1. The van der Waals surface area contributed by atoms with Crippen LogP contribution >= 0.6 is 0 Å².